The molecule has 130 valence electrons. The Hall–Kier alpha value is -2.00. The van der Waals surface area contributed by atoms with E-state index in [4.69, 9.17) is 0 Å². The zero-order valence-electron chi connectivity index (χ0n) is 15.5. The summed E-state index contributed by atoms with van der Waals surface area (Å²) in [6.07, 6.45) is 3.75. The molecule has 0 aromatic heterocycles. The molecule has 1 aliphatic heterocycles. The third-order valence-corrected chi connectivity index (χ3v) is 6.34. The number of nitrogens with one attached hydrogen (secondary N) is 1. The van der Waals surface area contributed by atoms with Gasteiger partial charge in [0.25, 0.3) is 0 Å². The summed E-state index contributed by atoms with van der Waals surface area (Å²) in [6, 6.07) is 16.1. The molecule has 0 saturated heterocycles. The van der Waals surface area contributed by atoms with Crippen molar-refractivity contribution in [1.29, 1.82) is 0 Å². The van der Waals surface area contributed by atoms with Crippen LogP contribution in [0.25, 0.3) is 5.70 Å². The van der Waals surface area contributed by atoms with E-state index in [0.717, 1.165) is 21.7 Å². The molecule has 1 heterocycles. The Labute approximate surface area is 154 Å². The molecule has 0 amide bonds. The van der Waals surface area contributed by atoms with Crippen molar-refractivity contribution >= 4 is 23.2 Å². The van der Waals surface area contributed by atoms with Gasteiger partial charge in [-0.25, -0.2) is 0 Å². The van der Waals surface area contributed by atoms with Crippen molar-refractivity contribution in [2.45, 2.75) is 43.5 Å². The van der Waals surface area contributed by atoms with Gasteiger partial charge in [-0.2, -0.15) is 0 Å². The first-order valence-corrected chi connectivity index (χ1v) is 9.77. The van der Waals surface area contributed by atoms with Gasteiger partial charge in [0.2, 0.25) is 0 Å². The van der Waals surface area contributed by atoms with E-state index in [2.05, 4.69) is 51.2 Å². The lowest BCUT2D eigenvalue weighted by molar-refractivity contribution is 0.104. The number of hydrogen-bond donors (Lipinski definition) is 1. The fourth-order valence-electron chi connectivity index (χ4n) is 3.33. The van der Waals surface area contributed by atoms with E-state index in [1.54, 1.807) is 17.8 Å². The van der Waals surface area contributed by atoms with Crippen LogP contribution in [0, 0.1) is 0 Å². The Kier molecular flexibility index (Phi) is 4.54. The molecule has 0 unspecified atom stereocenters. The van der Waals surface area contributed by atoms with Gasteiger partial charge in [0.05, 0.1) is 0 Å². The van der Waals surface area contributed by atoms with Crippen molar-refractivity contribution in [1.82, 2.24) is 5.32 Å². The number of rotatable bonds is 3. The summed E-state index contributed by atoms with van der Waals surface area (Å²) in [5, 5.41) is 3.61. The van der Waals surface area contributed by atoms with Gasteiger partial charge in [-0.1, -0.05) is 50.2 Å². The summed E-state index contributed by atoms with van der Waals surface area (Å²) in [4.78, 5) is 14.0. The maximum atomic E-state index is 12.9. The highest BCUT2D eigenvalue weighted by molar-refractivity contribution is 7.98. The molecule has 25 heavy (non-hydrogen) atoms. The predicted octanol–water partition coefficient (Wildman–Crippen LogP) is 5.29. The first kappa shape index (κ1) is 17.8. The third kappa shape index (κ3) is 3.02. The van der Waals surface area contributed by atoms with Crippen molar-refractivity contribution in [2.75, 3.05) is 6.26 Å². The van der Waals surface area contributed by atoms with Gasteiger partial charge < -0.3 is 5.32 Å². The number of carbonyl (C=O) groups excluding carboxylic acids is 1. The SMILES string of the molecule is CSc1ccccc1C(=O)/C=C1/NC(C)(C)C(C)(C)c2ccccc21. The van der Waals surface area contributed by atoms with Crippen molar-refractivity contribution in [3.8, 4) is 0 Å². The largest absolute Gasteiger partial charge is 0.379 e. The number of allylic oxidation sites excluding steroid dienone is 1. The quantitative estimate of drug-likeness (QED) is 0.463. The maximum absolute atomic E-state index is 12.9. The van der Waals surface area contributed by atoms with Gasteiger partial charge in [-0.05, 0) is 37.8 Å². The fourth-order valence-corrected chi connectivity index (χ4v) is 3.93. The standard InChI is InChI=1S/C22H25NOS/c1-21(2)17-12-8-6-10-15(17)18(23-22(21,3)4)14-19(24)16-11-7-9-13-20(16)25-5/h6-14,23H,1-5H3/b18-14+. The molecule has 1 N–H and O–H groups in total. The summed E-state index contributed by atoms with van der Waals surface area (Å²) in [7, 11) is 0. The first-order valence-electron chi connectivity index (χ1n) is 8.55. The molecule has 2 nitrogen and oxygen atoms in total. The van der Waals surface area contributed by atoms with E-state index in [1.165, 1.54) is 5.56 Å². The number of benzene rings is 2. The lowest BCUT2D eigenvalue weighted by Crippen LogP contribution is -2.56. The molecule has 1 aliphatic rings. The molecule has 0 bridgehead atoms. The molecule has 0 atom stereocenters. The van der Waals surface area contributed by atoms with Gasteiger partial charge in [-0.15, -0.1) is 11.8 Å². The predicted molar refractivity (Wildman–Crippen MR) is 107 cm³/mol. The van der Waals surface area contributed by atoms with Gasteiger partial charge in [0.1, 0.15) is 0 Å². The molecule has 3 rings (SSSR count). The minimum Gasteiger partial charge on any atom is -0.379 e. The average molecular weight is 352 g/mol. The molecular formula is C22H25NOS. The summed E-state index contributed by atoms with van der Waals surface area (Å²) in [6.45, 7) is 8.88. The van der Waals surface area contributed by atoms with Gasteiger partial charge in [0, 0.05) is 38.7 Å². The van der Waals surface area contributed by atoms with E-state index < -0.39 is 0 Å². The molecule has 0 aliphatic carbocycles. The van der Waals surface area contributed by atoms with Crippen LogP contribution in [0.15, 0.2) is 59.5 Å². The molecule has 2 aromatic carbocycles. The highest BCUT2D eigenvalue weighted by atomic mass is 32.2. The van der Waals surface area contributed by atoms with Crippen molar-refractivity contribution in [3.63, 3.8) is 0 Å². The number of hydrogen-bond acceptors (Lipinski definition) is 3. The van der Waals surface area contributed by atoms with E-state index in [1.807, 2.05) is 36.6 Å². The number of ketones is 1. The fraction of sp³-hybridized carbons (Fsp3) is 0.318. The molecule has 3 heteroatoms. The summed E-state index contributed by atoms with van der Waals surface area (Å²) in [5.41, 5.74) is 3.84. The van der Waals surface area contributed by atoms with Crippen LogP contribution in [-0.2, 0) is 5.41 Å². The lowest BCUT2D eigenvalue weighted by atomic mass is 9.65. The highest BCUT2D eigenvalue weighted by Gasteiger charge is 2.44. The van der Waals surface area contributed by atoms with Crippen molar-refractivity contribution < 1.29 is 4.79 Å². The van der Waals surface area contributed by atoms with Crippen LogP contribution in [-0.4, -0.2) is 17.6 Å². The minimum absolute atomic E-state index is 0.0396. The van der Waals surface area contributed by atoms with Crippen molar-refractivity contribution in [3.05, 3.63) is 71.3 Å². The number of thioether (sulfide) groups is 1. The van der Waals surface area contributed by atoms with Crippen LogP contribution in [0.3, 0.4) is 0 Å². The Morgan fingerprint density at radius 2 is 1.64 bits per heavy atom. The smallest absolute Gasteiger partial charge is 0.189 e. The van der Waals surface area contributed by atoms with Crippen LogP contribution in [0.5, 0.6) is 0 Å². The van der Waals surface area contributed by atoms with E-state index in [0.29, 0.717) is 0 Å². The Morgan fingerprint density at radius 1 is 1.00 bits per heavy atom. The number of fused-ring (bicyclic) bond motifs is 1. The highest BCUT2D eigenvalue weighted by Crippen LogP contribution is 2.43. The first-order chi connectivity index (χ1) is 11.8. The topological polar surface area (TPSA) is 29.1 Å². The maximum Gasteiger partial charge on any atom is 0.189 e. The Bertz CT molecular complexity index is 849. The molecule has 0 radical (unpaired) electrons. The van der Waals surface area contributed by atoms with Gasteiger partial charge in [-0.3, -0.25) is 4.79 Å². The van der Waals surface area contributed by atoms with Crippen molar-refractivity contribution in [2.24, 2.45) is 0 Å². The zero-order chi connectivity index (χ0) is 18.2. The second-order valence-corrected chi connectivity index (χ2v) is 8.39. The number of carbonyl (C=O) groups is 1. The molecular weight excluding hydrogens is 326 g/mol. The van der Waals surface area contributed by atoms with E-state index in [9.17, 15) is 4.79 Å². The Balaban J connectivity index is 2.11. The normalized spacial score (nSPS) is 19.2. The molecule has 0 spiro atoms. The van der Waals surface area contributed by atoms with Crippen LogP contribution in [0.4, 0.5) is 0 Å². The second-order valence-electron chi connectivity index (χ2n) is 7.54. The third-order valence-electron chi connectivity index (χ3n) is 5.55. The van der Waals surface area contributed by atoms with E-state index >= 15 is 0 Å². The molecule has 0 fully saturated rings. The zero-order valence-corrected chi connectivity index (χ0v) is 16.3. The lowest BCUT2D eigenvalue weighted by Gasteiger charge is -2.49. The second kappa shape index (κ2) is 6.38. The molecule has 0 saturated carbocycles. The average Bonchev–Trinajstić information content (AvgIpc) is 2.59. The van der Waals surface area contributed by atoms with Crippen LogP contribution in [0.1, 0.15) is 49.2 Å². The van der Waals surface area contributed by atoms with Crippen LogP contribution >= 0.6 is 11.8 Å². The van der Waals surface area contributed by atoms with Gasteiger partial charge >= 0.3 is 0 Å². The summed E-state index contributed by atoms with van der Waals surface area (Å²) in [5.74, 6) is 0.0396. The van der Waals surface area contributed by atoms with Gasteiger partial charge in [0.15, 0.2) is 5.78 Å². The minimum atomic E-state index is -0.160. The Morgan fingerprint density at radius 3 is 2.36 bits per heavy atom. The van der Waals surface area contributed by atoms with Crippen LogP contribution in [0.2, 0.25) is 0 Å². The monoisotopic (exact) mass is 351 g/mol. The molecule has 2 aromatic rings. The summed E-state index contributed by atoms with van der Waals surface area (Å²) >= 11 is 1.60. The van der Waals surface area contributed by atoms with E-state index in [-0.39, 0.29) is 16.7 Å². The van der Waals surface area contributed by atoms with Crippen LogP contribution < -0.4 is 5.32 Å². The summed E-state index contributed by atoms with van der Waals surface area (Å²) < 4.78 is 0.